The first-order chi connectivity index (χ1) is 41.4. The van der Waals surface area contributed by atoms with Gasteiger partial charge in [-0.1, -0.05) is 299 Å². The van der Waals surface area contributed by atoms with Crippen LogP contribution in [0.1, 0.15) is 342 Å². The largest absolute Gasteiger partial charge is 0.756 e. The molecule has 3 atom stereocenters. The maximum atomic E-state index is 13.6. The van der Waals surface area contributed by atoms with Crippen LogP contribution in [0, 0.1) is 0 Å². The van der Waals surface area contributed by atoms with E-state index in [0.29, 0.717) is 17.4 Å². The summed E-state index contributed by atoms with van der Waals surface area (Å²) >= 11 is 0. The SMILES string of the molecule is CCCCC/C=C\C/C=C\C/C=C\C/C=C\CCCCCCCCCC(=O)OC(/C=C/CCCCCCCCCCC)C(COP(=O)([O-])OCC[N+](C)(C)C)NC(=O)CCCCCCCCCCCCCCCCC/C=C/CCCCCCCC. The monoisotopic (exact) mass is 1210 g/mol. The minimum Gasteiger partial charge on any atom is -0.756 e. The van der Waals surface area contributed by atoms with Gasteiger partial charge in [0.15, 0.2) is 0 Å². The van der Waals surface area contributed by atoms with Crippen molar-refractivity contribution in [1.29, 1.82) is 0 Å². The molecule has 0 aliphatic heterocycles. The zero-order chi connectivity index (χ0) is 62.1. The first kappa shape index (κ1) is 82.5. The fourth-order valence-electron chi connectivity index (χ4n) is 10.5. The van der Waals surface area contributed by atoms with E-state index in [1.54, 1.807) is 0 Å². The summed E-state index contributed by atoms with van der Waals surface area (Å²) < 4.78 is 30.4. The number of likely N-dealkylation sites (N-methyl/N-ethyl adjacent to an activating group) is 1. The summed E-state index contributed by atoms with van der Waals surface area (Å²) in [5.74, 6) is -0.544. The quantitative estimate of drug-likeness (QED) is 0.0212. The zero-order valence-electron chi connectivity index (χ0n) is 56.8. The van der Waals surface area contributed by atoms with Crippen LogP contribution in [-0.2, 0) is 27.9 Å². The van der Waals surface area contributed by atoms with Gasteiger partial charge in [0.2, 0.25) is 5.91 Å². The molecule has 0 saturated heterocycles. The summed E-state index contributed by atoms with van der Waals surface area (Å²) in [5, 5.41) is 3.04. The lowest BCUT2D eigenvalue weighted by molar-refractivity contribution is -0.870. The third-order valence-corrected chi connectivity index (χ3v) is 17.1. The van der Waals surface area contributed by atoms with Crippen molar-refractivity contribution in [2.24, 2.45) is 0 Å². The van der Waals surface area contributed by atoms with E-state index in [1.165, 1.54) is 218 Å². The summed E-state index contributed by atoms with van der Waals surface area (Å²) in [4.78, 5) is 40.2. The molecule has 0 fully saturated rings. The molecule has 0 rings (SSSR count). The Morgan fingerprint density at radius 3 is 1.11 bits per heavy atom. The molecule has 9 nitrogen and oxygen atoms in total. The van der Waals surface area contributed by atoms with Crippen LogP contribution in [0.25, 0.3) is 0 Å². The fraction of sp³-hybridized carbons (Fsp3) is 0.813. The van der Waals surface area contributed by atoms with Gasteiger partial charge in [-0.15, -0.1) is 0 Å². The van der Waals surface area contributed by atoms with Gasteiger partial charge in [0.25, 0.3) is 7.82 Å². The highest BCUT2D eigenvalue weighted by Crippen LogP contribution is 2.38. The molecule has 85 heavy (non-hydrogen) atoms. The van der Waals surface area contributed by atoms with Crippen molar-refractivity contribution in [2.75, 3.05) is 40.9 Å². The predicted octanol–water partition coefficient (Wildman–Crippen LogP) is 22.5. The van der Waals surface area contributed by atoms with E-state index in [4.69, 9.17) is 13.8 Å². The van der Waals surface area contributed by atoms with Gasteiger partial charge in [0.05, 0.1) is 33.8 Å². The molecule has 0 bridgehead atoms. The van der Waals surface area contributed by atoms with E-state index >= 15 is 0 Å². The third kappa shape index (κ3) is 65.7. The maximum absolute atomic E-state index is 13.6. The number of carbonyl (C=O) groups is 2. The molecule has 0 aromatic heterocycles. The number of quaternary nitrogens is 1. The van der Waals surface area contributed by atoms with Crippen LogP contribution >= 0.6 is 7.82 Å². The zero-order valence-corrected chi connectivity index (χ0v) is 57.7. The molecule has 0 aromatic carbocycles. The third-order valence-electron chi connectivity index (χ3n) is 16.1. The Morgan fingerprint density at radius 1 is 0.412 bits per heavy atom. The number of amides is 1. The summed E-state index contributed by atoms with van der Waals surface area (Å²) in [6.07, 6.45) is 84.6. The van der Waals surface area contributed by atoms with Crippen molar-refractivity contribution >= 4 is 19.7 Å². The van der Waals surface area contributed by atoms with E-state index in [9.17, 15) is 19.0 Å². The number of nitrogens with one attached hydrogen (secondary N) is 1. The van der Waals surface area contributed by atoms with Gasteiger partial charge in [-0.2, -0.15) is 0 Å². The number of ether oxygens (including phenoxy) is 1. The summed E-state index contributed by atoms with van der Waals surface area (Å²) in [5.41, 5.74) is 0. The van der Waals surface area contributed by atoms with E-state index in [0.717, 1.165) is 89.9 Å². The molecule has 1 N–H and O–H groups in total. The number of hydrogen-bond donors (Lipinski definition) is 1. The molecular formula is C75H139N2O7P. The van der Waals surface area contributed by atoms with Gasteiger partial charge < -0.3 is 28.5 Å². The second-order valence-corrected chi connectivity index (χ2v) is 27.1. The Labute approximate surface area is 527 Å². The summed E-state index contributed by atoms with van der Waals surface area (Å²) in [6, 6.07) is -0.895. The van der Waals surface area contributed by atoms with Gasteiger partial charge in [0, 0.05) is 12.8 Å². The first-order valence-corrected chi connectivity index (χ1v) is 37.7. The van der Waals surface area contributed by atoms with Crippen molar-refractivity contribution in [1.82, 2.24) is 5.32 Å². The lowest BCUT2D eigenvalue weighted by atomic mass is 10.0. The normalized spacial score (nSPS) is 13.9. The van der Waals surface area contributed by atoms with Crippen LogP contribution in [0.5, 0.6) is 0 Å². The highest BCUT2D eigenvalue weighted by atomic mass is 31.2. The number of esters is 1. The molecule has 0 aliphatic carbocycles. The van der Waals surface area contributed by atoms with Crippen LogP contribution in [0.2, 0.25) is 0 Å². The Bertz CT molecular complexity index is 1680. The van der Waals surface area contributed by atoms with Crippen molar-refractivity contribution in [3.05, 3.63) is 72.9 Å². The minimum atomic E-state index is -4.71. The highest BCUT2D eigenvalue weighted by Gasteiger charge is 2.27. The van der Waals surface area contributed by atoms with Crippen LogP contribution in [0.3, 0.4) is 0 Å². The van der Waals surface area contributed by atoms with Gasteiger partial charge in [0.1, 0.15) is 19.3 Å². The molecule has 496 valence electrons. The van der Waals surface area contributed by atoms with E-state index in [-0.39, 0.29) is 24.9 Å². The van der Waals surface area contributed by atoms with Gasteiger partial charge in [-0.3, -0.25) is 14.2 Å². The smallest absolute Gasteiger partial charge is 0.306 e. The molecule has 10 heteroatoms. The molecule has 0 spiro atoms. The lowest BCUT2D eigenvalue weighted by Crippen LogP contribution is -2.47. The Balaban J connectivity index is 5.02. The van der Waals surface area contributed by atoms with Crippen LogP contribution in [0.15, 0.2) is 72.9 Å². The van der Waals surface area contributed by atoms with Crippen LogP contribution in [0.4, 0.5) is 0 Å². The predicted molar refractivity (Wildman–Crippen MR) is 367 cm³/mol. The molecule has 1 amide bonds. The van der Waals surface area contributed by atoms with Crippen molar-refractivity contribution in [3.63, 3.8) is 0 Å². The van der Waals surface area contributed by atoms with Crippen molar-refractivity contribution in [3.8, 4) is 0 Å². The summed E-state index contributed by atoms with van der Waals surface area (Å²) in [7, 11) is 1.18. The maximum Gasteiger partial charge on any atom is 0.306 e. The molecule has 0 aromatic rings. The number of allylic oxidation sites excluding steroid dienone is 11. The summed E-state index contributed by atoms with van der Waals surface area (Å²) in [6.45, 7) is 6.84. The lowest BCUT2D eigenvalue weighted by Gasteiger charge is -2.30. The molecule has 3 unspecified atom stereocenters. The topological polar surface area (TPSA) is 114 Å². The number of nitrogens with zero attached hydrogens (tertiary/aromatic N) is 1. The van der Waals surface area contributed by atoms with Gasteiger partial charge in [-0.25, -0.2) is 0 Å². The highest BCUT2D eigenvalue weighted by molar-refractivity contribution is 7.45. The van der Waals surface area contributed by atoms with Crippen LogP contribution < -0.4 is 10.2 Å². The number of unbranched alkanes of at least 4 members (excludes halogenated alkanes) is 40. The Hall–Kier alpha value is -2.55. The molecule has 0 aliphatic rings. The Kier molecular flexibility index (Phi) is 62.5. The van der Waals surface area contributed by atoms with Gasteiger partial charge in [-0.05, 0) is 102 Å². The number of phosphoric ester groups is 1. The average Bonchev–Trinajstić information content (AvgIpc) is 3.62. The average molecular weight is 1210 g/mol. The number of hydrogen-bond acceptors (Lipinski definition) is 7. The molecular weight excluding hydrogens is 1070 g/mol. The van der Waals surface area contributed by atoms with Crippen LogP contribution in [-0.4, -0.2) is 69.4 Å². The van der Waals surface area contributed by atoms with Crippen molar-refractivity contribution < 1.29 is 37.3 Å². The van der Waals surface area contributed by atoms with Gasteiger partial charge >= 0.3 is 5.97 Å². The van der Waals surface area contributed by atoms with Crippen molar-refractivity contribution in [2.45, 2.75) is 354 Å². The second kappa shape index (κ2) is 64.4. The second-order valence-electron chi connectivity index (χ2n) is 25.7. The number of carbonyl (C=O) groups excluding carboxylic acids is 2. The standard InChI is InChI=1S/C75H139N2O7P/c1-7-10-13-16-19-22-25-27-29-31-33-35-37-38-40-41-43-45-47-49-52-55-58-61-64-67-74(78)76-72(71-83-85(80,81)82-70-69-77(4,5)6)73(66-63-60-57-54-51-24-21-18-15-12-9-3)84-75(79)68-65-62-59-56-53-50-48-46-44-42-39-36-34-32-30-28-26-23-20-17-14-11-8-2/h20,23,27-30,34,36,42,44,63,66,72-73H,7-19,21-22,24-26,31-33,35,37-41,43,45-62,64-65,67-71H2,1-6H3,(H-,76,78,80,81)/b23-20-,29-27+,30-28-,36-34-,44-42-,66-63+. The molecule has 0 saturated carbocycles. The van der Waals surface area contributed by atoms with E-state index in [1.807, 2.05) is 33.3 Å². The van der Waals surface area contributed by atoms with E-state index in [2.05, 4.69) is 86.8 Å². The first-order valence-electron chi connectivity index (χ1n) is 36.2. The fourth-order valence-corrected chi connectivity index (χ4v) is 11.2. The number of phosphoric acid groups is 1. The van der Waals surface area contributed by atoms with E-state index < -0.39 is 26.6 Å². The molecule has 0 radical (unpaired) electrons. The Morgan fingerprint density at radius 2 is 0.718 bits per heavy atom. The molecule has 0 heterocycles. The minimum absolute atomic E-state index is 0.0252. The number of rotatable bonds is 66.